The van der Waals surface area contributed by atoms with Crippen molar-refractivity contribution in [2.75, 3.05) is 6.54 Å². The molecule has 1 unspecified atom stereocenters. The molecule has 0 aromatic rings. The number of rotatable bonds is 12. The van der Waals surface area contributed by atoms with Gasteiger partial charge in [0.25, 0.3) is 0 Å². The maximum atomic E-state index is 8.86. The van der Waals surface area contributed by atoms with Crippen LogP contribution in [0.25, 0.3) is 0 Å². The summed E-state index contributed by atoms with van der Waals surface area (Å²) >= 11 is 0. The molecule has 0 aromatic heterocycles. The molecule has 16 heavy (non-hydrogen) atoms. The number of hydrogen-bond donors (Lipinski definition) is 3. The summed E-state index contributed by atoms with van der Waals surface area (Å²) in [5.74, 6) is 0. The summed E-state index contributed by atoms with van der Waals surface area (Å²) in [4.78, 5) is 0. The van der Waals surface area contributed by atoms with E-state index < -0.39 is 6.23 Å². The van der Waals surface area contributed by atoms with Crippen LogP contribution in [0, 0.1) is 0 Å². The molecule has 0 aliphatic rings. The van der Waals surface area contributed by atoms with Crippen molar-refractivity contribution in [1.82, 2.24) is 0 Å². The van der Waals surface area contributed by atoms with E-state index in [1.807, 2.05) is 0 Å². The van der Waals surface area contributed by atoms with Crippen LogP contribution in [0.15, 0.2) is 0 Å². The summed E-state index contributed by atoms with van der Waals surface area (Å²) < 4.78 is 0. The standard InChI is InChI=1S/C13H30N2O/c14-12-10-8-6-4-2-1-3-5-7-9-11-13(15)16/h13,16H,1-12,14-15H2. The summed E-state index contributed by atoms with van der Waals surface area (Å²) in [6.45, 7) is 0.840. The Morgan fingerprint density at radius 2 is 1.06 bits per heavy atom. The molecule has 0 amide bonds. The zero-order valence-electron chi connectivity index (χ0n) is 10.7. The topological polar surface area (TPSA) is 72.3 Å². The molecule has 1 atom stereocenters. The maximum absolute atomic E-state index is 8.86. The van der Waals surface area contributed by atoms with E-state index in [1.54, 1.807) is 0 Å². The van der Waals surface area contributed by atoms with Gasteiger partial charge in [0.15, 0.2) is 0 Å². The van der Waals surface area contributed by atoms with Crippen molar-refractivity contribution in [3.63, 3.8) is 0 Å². The van der Waals surface area contributed by atoms with Crippen LogP contribution >= 0.6 is 0 Å². The molecule has 98 valence electrons. The summed E-state index contributed by atoms with van der Waals surface area (Å²) in [5, 5.41) is 8.86. The molecule has 5 N–H and O–H groups in total. The zero-order valence-corrected chi connectivity index (χ0v) is 10.7. The molecule has 3 nitrogen and oxygen atoms in total. The van der Waals surface area contributed by atoms with Gasteiger partial charge in [-0.25, -0.2) is 0 Å². The van der Waals surface area contributed by atoms with Gasteiger partial charge in [-0.2, -0.15) is 0 Å². The monoisotopic (exact) mass is 230 g/mol. The predicted octanol–water partition coefficient (Wildman–Crippen LogP) is 2.51. The van der Waals surface area contributed by atoms with Gasteiger partial charge in [-0.3, -0.25) is 0 Å². The Morgan fingerprint density at radius 1 is 0.688 bits per heavy atom. The maximum Gasteiger partial charge on any atom is 0.102 e. The van der Waals surface area contributed by atoms with Crippen molar-refractivity contribution in [1.29, 1.82) is 0 Å². The van der Waals surface area contributed by atoms with Gasteiger partial charge in [0.1, 0.15) is 6.23 Å². The van der Waals surface area contributed by atoms with Gasteiger partial charge in [0.2, 0.25) is 0 Å². The molecule has 0 bridgehead atoms. The minimum absolute atomic E-state index is 0.609. The van der Waals surface area contributed by atoms with E-state index in [4.69, 9.17) is 16.6 Å². The third-order valence-corrected chi connectivity index (χ3v) is 2.95. The number of unbranched alkanes of at least 4 members (excludes halogenated alkanes) is 9. The number of nitrogens with two attached hydrogens (primary N) is 2. The Morgan fingerprint density at radius 3 is 1.44 bits per heavy atom. The number of hydrogen-bond acceptors (Lipinski definition) is 3. The summed E-state index contributed by atoms with van der Waals surface area (Å²) in [7, 11) is 0. The third-order valence-electron chi connectivity index (χ3n) is 2.95. The minimum Gasteiger partial charge on any atom is -0.379 e. The first-order valence-corrected chi connectivity index (χ1v) is 6.91. The molecule has 3 heteroatoms. The van der Waals surface area contributed by atoms with Crippen molar-refractivity contribution >= 4 is 0 Å². The molecular formula is C13H30N2O. The van der Waals surface area contributed by atoms with Crippen LogP contribution in [0.4, 0.5) is 0 Å². The highest BCUT2D eigenvalue weighted by Gasteiger charge is 1.96. The number of aliphatic hydroxyl groups is 1. The van der Waals surface area contributed by atoms with E-state index in [0.717, 1.165) is 19.4 Å². The van der Waals surface area contributed by atoms with Gasteiger partial charge in [-0.1, -0.05) is 51.4 Å². The zero-order chi connectivity index (χ0) is 12.1. The normalized spacial score (nSPS) is 12.9. The Hall–Kier alpha value is -0.120. The van der Waals surface area contributed by atoms with E-state index in [1.165, 1.54) is 57.8 Å². The molecule has 0 rings (SSSR count). The van der Waals surface area contributed by atoms with Gasteiger partial charge in [-0.05, 0) is 25.8 Å². The second-order valence-corrected chi connectivity index (χ2v) is 4.68. The first-order valence-electron chi connectivity index (χ1n) is 6.91. The highest BCUT2D eigenvalue weighted by molar-refractivity contribution is 4.50. The molecular weight excluding hydrogens is 200 g/mol. The molecule has 0 aliphatic carbocycles. The molecule has 0 radical (unpaired) electrons. The third kappa shape index (κ3) is 13.9. The van der Waals surface area contributed by atoms with E-state index in [9.17, 15) is 0 Å². The second kappa shape index (κ2) is 12.9. The van der Waals surface area contributed by atoms with Gasteiger partial charge in [-0.15, -0.1) is 0 Å². The highest BCUT2D eigenvalue weighted by atomic mass is 16.3. The fourth-order valence-corrected chi connectivity index (χ4v) is 1.91. The van der Waals surface area contributed by atoms with Crippen LogP contribution in [-0.2, 0) is 0 Å². The van der Waals surface area contributed by atoms with Crippen LogP contribution in [0.5, 0.6) is 0 Å². The van der Waals surface area contributed by atoms with Gasteiger partial charge < -0.3 is 16.6 Å². The van der Waals surface area contributed by atoms with Gasteiger partial charge in [0.05, 0.1) is 0 Å². The van der Waals surface area contributed by atoms with Crippen molar-refractivity contribution < 1.29 is 5.11 Å². The second-order valence-electron chi connectivity index (χ2n) is 4.68. The summed E-state index contributed by atoms with van der Waals surface area (Å²) in [6, 6.07) is 0. The predicted molar refractivity (Wildman–Crippen MR) is 70.0 cm³/mol. The smallest absolute Gasteiger partial charge is 0.102 e. The number of aliphatic hydroxyl groups excluding tert-OH is 1. The van der Waals surface area contributed by atoms with Crippen molar-refractivity contribution in [2.24, 2.45) is 11.5 Å². The van der Waals surface area contributed by atoms with Gasteiger partial charge in [0, 0.05) is 0 Å². The Bertz CT molecular complexity index is 129. The molecule has 0 saturated heterocycles. The molecule has 0 aromatic carbocycles. The lowest BCUT2D eigenvalue weighted by atomic mass is 10.1. The van der Waals surface area contributed by atoms with Crippen LogP contribution in [-0.4, -0.2) is 17.9 Å². The largest absolute Gasteiger partial charge is 0.379 e. The lowest BCUT2D eigenvalue weighted by Gasteiger charge is -2.04. The first-order chi connectivity index (χ1) is 7.77. The SMILES string of the molecule is NCCCCCCCCCCCCC(N)O. The van der Waals surface area contributed by atoms with Crippen molar-refractivity contribution in [2.45, 2.75) is 76.9 Å². The lowest BCUT2D eigenvalue weighted by molar-refractivity contribution is 0.168. The summed E-state index contributed by atoms with van der Waals surface area (Å²) in [6.07, 6.45) is 12.9. The van der Waals surface area contributed by atoms with E-state index in [-0.39, 0.29) is 0 Å². The molecule has 0 heterocycles. The minimum atomic E-state index is -0.609. The van der Waals surface area contributed by atoms with Crippen LogP contribution in [0.3, 0.4) is 0 Å². The average molecular weight is 230 g/mol. The molecule has 0 aliphatic heterocycles. The Balaban J connectivity index is 2.88. The first kappa shape index (κ1) is 15.9. The molecule has 0 saturated carbocycles. The quantitative estimate of drug-likeness (QED) is 0.356. The van der Waals surface area contributed by atoms with Crippen LogP contribution in [0.1, 0.15) is 70.6 Å². The fourth-order valence-electron chi connectivity index (χ4n) is 1.91. The van der Waals surface area contributed by atoms with E-state index >= 15 is 0 Å². The van der Waals surface area contributed by atoms with Crippen molar-refractivity contribution in [3.8, 4) is 0 Å². The highest BCUT2D eigenvalue weighted by Crippen LogP contribution is 2.11. The van der Waals surface area contributed by atoms with Crippen LogP contribution < -0.4 is 11.5 Å². The Kier molecular flexibility index (Phi) is 12.9. The van der Waals surface area contributed by atoms with Crippen molar-refractivity contribution in [3.05, 3.63) is 0 Å². The lowest BCUT2D eigenvalue weighted by Crippen LogP contribution is -2.17. The molecule has 0 spiro atoms. The Labute approximate surface area is 101 Å². The van der Waals surface area contributed by atoms with E-state index in [2.05, 4.69) is 0 Å². The van der Waals surface area contributed by atoms with Gasteiger partial charge >= 0.3 is 0 Å². The van der Waals surface area contributed by atoms with E-state index in [0.29, 0.717) is 0 Å². The molecule has 0 fully saturated rings. The summed E-state index contributed by atoms with van der Waals surface area (Å²) in [5.41, 5.74) is 10.7. The van der Waals surface area contributed by atoms with Crippen LogP contribution in [0.2, 0.25) is 0 Å². The fraction of sp³-hybridized carbons (Fsp3) is 1.00. The average Bonchev–Trinajstić information content (AvgIpc) is 2.25.